The molecule has 0 aliphatic heterocycles. The molecule has 3 heteroatoms. The maximum Gasteiger partial charge on any atom is 0.137 e. The van der Waals surface area contributed by atoms with Gasteiger partial charge in [-0.25, -0.2) is 8.78 Å². The molecule has 16 heavy (non-hydrogen) atoms. The van der Waals surface area contributed by atoms with Gasteiger partial charge < -0.3 is 0 Å². The van der Waals surface area contributed by atoms with Crippen molar-refractivity contribution in [2.24, 2.45) is 0 Å². The summed E-state index contributed by atoms with van der Waals surface area (Å²) in [5, 5.41) is 0. The number of aryl methyl sites for hydroxylation is 1. The first-order valence-electron chi connectivity index (χ1n) is 4.83. The molecule has 0 aliphatic rings. The summed E-state index contributed by atoms with van der Waals surface area (Å²) in [4.78, 5) is 0.260. The Morgan fingerprint density at radius 3 is 2.31 bits per heavy atom. The van der Waals surface area contributed by atoms with Crippen molar-refractivity contribution in [1.29, 1.82) is 0 Å². The molecule has 82 valence electrons. The van der Waals surface area contributed by atoms with Crippen LogP contribution in [0.1, 0.15) is 5.56 Å². The molecule has 0 amide bonds. The Hall–Kier alpha value is -1.35. The van der Waals surface area contributed by atoms with E-state index in [0.717, 1.165) is 5.56 Å². The molecule has 2 aromatic rings. The molecular formula is C13H10F2S. The highest BCUT2D eigenvalue weighted by Crippen LogP contribution is 2.26. The Morgan fingerprint density at radius 2 is 1.69 bits per heavy atom. The highest BCUT2D eigenvalue weighted by molar-refractivity contribution is 7.80. The van der Waals surface area contributed by atoms with E-state index in [1.165, 1.54) is 18.2 Å². The largest absolute Gasteiger partial charge is 0.206 e. The number of hydrogen-bond acceptors (Lipinski definition) is 1. The monoisotopic (exact) mass is 236 g/mol. The van der Waals surface area contributed by atoms with Crippen LogP contribution < -0.4 is 0 Å². The summed E-state index contributed by atoms with van der Waals surface area (Å²) in [7, 11) is 0. The summed E-state index contributed by atoms with van der Waals surface area (Å²) in [5.74, 6) is -0.785. The summed E-state index contributed by atoms with van der Waals surface area (Å²) in [6, 6.07) is 9.34. The Morgan fingerprint density at radius 1 is 0.938 bits per heavy atom. The lowest BCUT2D eigenvalue weighted by Crippen LogP contribution is -1.87. The molecule has 0 radical (unpaired) electrons. The van der Waals surface area contributed by atoms with Crippen molar-refractivity contribution in [1.82, 2.24) is 0 Å². The SMILES string of the molecule is Cc1ccc(-c2ccc(S)c(F)c2)c(F)c1. The Labute approximate surface area is 98.3 Å². The molecule has 0 saturated carbocycles. The summed E-state index contributed by atoms with van der Waals surface area (Å²) in [6.07, 6.45) is 0. The van der Waals surface area contributed by atoms with Gasteiger partial charge in [-0.3, -0.25) is 0 Å². The van der Waals surface area contributed by atoms with Crippen molar-refractivity contribution < 1.29 is 8.78 Å². The highest BCUT2D eigenvalue weighted by Gasteiger charge is 2.07. The molecule has 0 aliphatic carbocycles. The second kappa shape index (κ2) is 4.26. The molecule has 0 heterocycles. The van der Waals surface area contributed by atoms with E-state index >= 15 is 0 Å². The van der Waals surface area contributed by atoms with Crippen molar-refractivity contribution in [3.63, 3.8) is 0 Å². The van der Waals surface area contributed by atoms with Crippen LogP contribution in [0.15, 0.2) is 41.3 Å². The summed E-state index contributed by atoms with van der Waals surface area (Å²) in [6.45, 7) is 1.81. The van der Waals surface area contributed by atoms with E-state index in [1.54, 1.807) is 18.2 Å². The lowest BCUT2D eigenvalue weighted by atomic mass is 10.0. The zero-order valence-corrected chi connectivity index (χ0v) is 9.56. The van der Waals surface area contributed by atoms with E-state index in [-0.39, 0.29) is 10.7 Å². The second-order valence-electron chi connectivity index (χ2n) is 3.65. The fourth-order valence-corrected chi connectivity index (χ4v) is 1.67. The van der Waals surface area contributed by atoms with Gasteiger partial charge in [-0.15, -0.1) is 12.6 Å². The smallest absolute Gasteiger partial charge is 0.137 e. The number of halogens is 2. The number of hydrogen-bond donors (Lipinski definition) is 1. The third-order valence-corrected chi connectivity index (χ3v) is 2.75. The lowest BCUT2D eigenvalue weighted by molar-refractivity contribution is 0.602. The predicted molar refractivity (Wildman–Crippen MR) is 63.8 cm³/mol. The Kier molecular flexibility index (Phi) is 2.97. The van der Waals surface area contributed by atoms with Crippen LogP contribution in [0.3, 0.4) is 0 Å². The molecule has 0 bridgehead atoms. The van der Waals surface area contributed by atoms with Crippen molar-refractivity contribution in [2.75, 3.05) is 0 Å². The van der Waals surface area contributed by atoms with Gasteiger partial charge in [0.25, 0.3) is 0 Å². The van der Waals surface area contributed by atoms with E-state index in [9.17, 15) is 8.78 Å². The third kappa shape index (κ3) is 2.09. The molecule has 0 N–H and O–H groups in total. The fraction of sp³-hybridized carbons (Fsp3) is 0.0769. The standard InChI is InChI=1S/C13H10F2S/c1-8-2-4-10(11(14)6-8)9-3-5-13(16)12(15)7-9/h2-7,16H,1H3. The van der Waals surface area contributed by atoms with Crippen LogP contribution in [0.25, 0.3) is 11.1 Å². The first-order valence-corrected chi connectivity index (χ1v) is 5.27. The fourth-order valence-electron chi connectivity index (χ4n) is 1.53. The molecule has 0 atom stereocenters. The highest BCUT2D eigenvalue weighted by atomic mass is 32.1. The minimum atomic E-state index is -0.444. The van der Waals surface area contributed by atoms with Crippen LogP contribution in [0.2, 0.25) is 0 Å². The quantitative estimate of drug-likeness (QED) is 0.704. The molecule has 0 saturated heterocycles. The van der Waals surface area contributed by atoms with Crippen molar-refractivity contribution in [3.05, 3.63) is 53.6 Å². The van der Waals surface area contributed by atoms with E-state index in [1.807, 2.05) is 6.92 Å². The van der Waals surface area contributed by atoms with Crippen LogP contribution in [0.4, 0.5) is 8.78 Å². The van der Waals surface area contributed by atoms with Gasteiger partial charge >= 0.3 is 0 Å². The third-order valence-electron chi connectivity index (χ3n) is 2.38. The van der Waals surface area contributed by atoms with Crippen LogP contribution in [0, 0.1) is 18.6 Å². The molecule has 0 aromatic heterocycles. The summed E-state index contributed by atoms with van der Waals surface area (Å²) >= 11 is 3.93. The maximum atomic E-state index is 13.6. The van der Waals surface area contributed by atoms with Crippen LogP contribution in [0.5, 0.6) is 0 Å². The molecule has 2 rings (SSSR count). The molecule has 0 unspecified atom stereocenters. The average Bonchev–Trinajstić information content (AvgIpc) is 2.22. The second-order valence-corrected chi connectivity index (χ2v) is 4.13. The lowest BCUT2D eigenvalue weighted by Gasteiger charge is -2.05. The van der Waals surface area contributed by atoms with Crippen LogP contribution in [-0.2, 0) is 0 Å². The molecule has 2 aromatic carbocycles. The van der Waals surface area contributed by atoms with Gasteiger partial charge in [0.05, 0.1) is 0 Å². The van der Waals surface area contributed by atoms with Gasteiger partial charge in [-0.05, 0) is 36.2 Å². The van der Waals surface area contributed by atoms with E-state index in [0.29, 0.717) is 11.1 Å². The van der Waals surface area contributed by atoms with Crippen LogP contribution in [-0.4, -0.2) is 0 Å². The predicted octanol–water partition coefficient (Wildman–Crippen LogP) is 4.23. The Balaban J connectivity index is 2.54. The number of benzene rings is 2. The minimum absolute atomic E-state index is 0.260. The van der Waals surface area contributed by atoms with Crippen molar-refractivity contribution >= 4 is 12.6 Å². The average molecular weight is 236 g/mol. The maximum absolute atomic E-state index is 13.6. The van der Waals surface area contributed by atoms with E-state index in [4.69, 9.17) is 0 Å². The summed E-state index contributed by atoms with van der Waals surface area (Å²) < 4.78 is 26.9. The van der Waals surface area contributed by atoms with Gasteiger partial charge in [0.15, 0.2) is 0 Å². The number of rotatable bonds is 1. The first kappa shape index (κ1) is 11.1. The van der Waals surface area contributed by atoms with Gasteiger partial charge in [-0.2, -0.15) is 0 Å². The zero-order valence-electron chi connectivity index (χ0n) is 8.67. The van der Waals surface area contributed by atoms with Gasteiger partial charge in [0, 0.05) is 10.5 Å². The van der Waals surface area contributed by atoms with E-state index in [2.05, 4.69) is 12.6 Å². The normalized spacial score (nSPS) is 10.5. The number of thiol groups is 1. The van der Waals surface area contributed by atoms with E-state index < -0.39 is 5.82 Å². The molecular weight excluding hydrogens is 226 g/mol. The van der Waals surface area contributed by atoms with Gasteiger partial charge in [0.2, 0.25) is 0 Å². The molecule has 0 spiro atoms. The topological polar surface area (TPSA) is 0 Å². The van der Waals surface area contributed by atoms with Crippen LogP contribution >= 0.6 is 12.6 Å². The van der Waals surface area contributed by atoms with Crippen molar-refractivity contribution in [2.45, 2.75) is 11.8 Å². The van der Waals surface area contributed by atoms with Gasteiger partial charge in [-0.1, -0.05) is 18.2 Å². The molecule has 0 fully saturated rings. The summed E-state index contributed by atoms with van der Waals surface area (Å²) in [5.41, 5.74) is 1.76. The zero-order chi connectivity index (χ0) is 11.7. The molecule has 0 nitrogen and oxygen atoms in total. The minimum Gasteiger partial charge on any atom is -0.206 e. The van der Waals surface area contributed by atoms with Gasteiger partial charge in [0.1, 0.15) is 11.6 Å². The van der Waals surface area contributed by atoms with Crippen molar-refractivity contribution in [3.8, 4) is 11.1 Å². The first-order chi connectivity index (χ1) is 7.58. The Bertz CT molecular complexity index is 535.